The number of nitrogens with zero attached hydrogens (tertiary/aromatic N) is 2. The molecule has 0 aliphatic heterocycles. The predicted molar refractivity (Wildman–Crippen MR) is 89.9 cm³/mol. The Balaban J connectivity index is 1.83. The summed E-state index contributed by atoms with van der Waals surface area (Å²) in [4.78, 5) is 29.1. The first-order valence-electron chi connectivity index (χ1n) is 7.91. The number of allylic oxidation sites excluding steroid dienone is 2. The van der Waals surface area contributed by atoms with Crippen LogP contribution in [0.15, 0.2) is 41.2 Å². The summed E-state index contributed by atoms with van der Waals surface area (Å²) in [6.45, 7) is 2.35. The molecule has 1 heterocycles. The molecule has 0 radical (unpaired) electrons. The lowest BCUT2D eigenvalue weighted by atomic mass is 9.94. The highest BCUT2D eigenvalue weighted by atomic mass is 16.2. The number of aromatic nitrogens is 2. The molecule has 1 aliphatic carbocycles. The van der Waals surface area contributed by atoms with Gasteiger partial charge in [0.2, 0.25) is 11.9 Å². The summed E-state index contributed by atoms with van der Waals surface area (Å²) >= 11 is 0. The first-order valence-corrected chi connectivity index (χ1v) is 7.91. The summed E-state index contributed by atoms with van der Waals surface area (Å²) in [6, 6.07) is 7.20. The third-order valence-electron chi connectivity index (χ3n) is 4.12. The normalized spacial score (nSPS) is 17.2. The Morgan fingerprint density at radius 2 is 2.17 bits per heavy atom. The van der Waals surface area contributed by atoms with Crippen LogP contribution in [0.25, 0.3) is 10.9 Å². The Morgan fingerprint density at radius 1 is 1.35 bits per heavy atom. The summed E-state index contributed by atoms with van der Waals surface area (Å²) in [5.41, 5.74) is 6.01. The number of anilines is 1. The zero-order valence-corrected chi connectivity index (χ0v) is 13.1. The van der Waals surface area contributed by atoms with Crippen molar-refractivity contribution in [2.24, 2.45) is 5.92 Å². The molecule has 6 nitrogen and oxygen atoms in total. The van der Waals surface area contributed by atoms with Crippen LogP contribution in [0.4, 0.5) is 5.95 Å². The Bertz CT molecular complexity index is 810. The van der Waals surface area contributed by atoms with Gasteiger partial charge in [-0.2, -0.15) is 0 Å². The zero-order valence-electron chi connectivity index (χ0n) is 13.1. The van der Waals surface area contributed by atoms with Gasteiger partial charge in [-0.15, -0.1) is 0 Å². The number of nitrogens with one attached hydrogen (secondary N) is 2. The van der Waals surface area contributed by atoms with Gasteiger partial charge in [-0.3, -0.25) is 25.0 Å². The van der Waals surface area contributed by atoms with Crippen LogP contribution in [-0.2, 0) is 11.3 Å². The zero-order chi connectivity index (χ0) is 16.2. The van der Waals surface area contributed by atoms with E-state index in [0.29, 0.717) is 23.4 Å². The van der Waals surface area contributed by atoms with Gasteiger partial charge in [0.15, 0.2) is 0 Å². The maximum atomic E-state index is 12.5. The highest BCUT2D eigenvalue weighted by Crippen LogP contribution is 2.18. The van der Waals surface area contributed by atoms with Crippen LogP contribution in [0, 0.1) is 5.92 Å². The maximum absolute atomic E-state index is 12.5. The molecule has 0 saturated heterocycles. The molecule has 1 atom stereocenters. The fraction of sp³-hybridized carbons (Fsp3) is 0.353. The number of amides is 1. The average molecular weight is 312 g/mol. The Hall–Kier alpha value is -2.63. The third kappa shape index (κ3) is 3.11. The minimum Gasteiger partial charge on any atom is -0.277 e. The third-order valence-corrected chi connectivity index (χ3v) is 4.12. The second-order valence-corrected chi connectivity index (χ2v) is 5.60. The van der Waals surface area contributed by atoms with Gasteiger partial charge < -0.3 is 0 Å². The van der Waals surface area contributed by atoms with E-state index in [0.717, 1.165) is 19.3 Å². The minimum atomic E-state index is -0.115. The largest absolute Gasteiger partial charge is 0.277 e. The summed E-state index contributed by atoms with van der Waals surface area (Å²) in [6.07, 6.45) is 6.64. The molecule has 0 spiro atoms. The first-order chi connectivity index (χ1) is 11.2. The molecule has 1 aromatic heterocycles. The quantitative estimate of drug-likeness (QED) is 0.670. The number of carbonyl (C=O) groups is 1. The van der Waals surface area contributed by atoms with Crippen LogP contribution in [0.5, 0.6) is 0 Å². The van der Waals surface area contributed by atoms with Gasteiger partial charge in [-0.05, 0) is 38.3 Å². The molecule has 1 aromatic carbocycles. The number of carbonyl (C=O) groups excluding carboxylic acids is 1. The van der Waals surface area contributed by atoms with Crippen LogP contribution < -0.4 is 16.4 Å². The molecule has 2 N–H and O–H groups in total. The number of hydrogen-bond acceptors (Lipinski definition) is 4. The average Bonchev–Trinajstić information content (AvgIpc) is 2.60. The first kappa shape index (κ1) is 15.3. The van der Waals surface area contributed by atoms with Gasteiger partial charge in [0.1, 0.15) is 0 Å². The highest BCUT2D eigenvalue weighted by molar-refractivity contribution is 5.81. The fourth-order valence-electron chi connectivity index (χ4n) is 2.81. The van der Waals surface area contributed by atoms with Gasteiger partial charge in [0.25, 0.3) is 5.56 Å². The number of fused-ring (bicyclic) bond motifs is 1. The highest BCUT2D eigenvalue weighted by Gasteiger charge is 2.19. The number of benzene rings is 1. The van der Waals surface area contributed by atoms with E-state index >= 15 is 0 Å². The lowest BCUT2D eigenvalue weighted by molar-refractivity contribution is -0.124. The number of hydrogen-bond donors (Lipinski definition) is 2. The van der Waals surface area contributed by atoms with Crippen molar-refractivity contribution in [3.05, 3.63) is 46.8 Å². The van der Waals surface area contributed by atoms with Crippen molar-refractivity contribution in [1.82, 2.24) is 15.0 Å². The number of rotatable bonds is 4. The number of hydrazine groups is 1. The van der Waals surface area contributed by atoms with E-state index in [2.05, 4.69) is 21.9 Å². The number of para-hydroxylation sites is 1. The molecule has 0 fully saturated rings. The minimum absolute atomic E-state index is 0.0326. The van der Waals surface area contributed by atoms with Crippen molar-refractivity contribution in [2.75, 3.05) is 5.43 Å². The fourth-order valence-corrected chi connectivity index (χ4v) is 2.81. The predicted octanol–water partition coefficient (Wildman–Crippen LogP) is 2.22. The second-order valence-electron chi connectivity index (χ2n) is 5.60. The van der Waals surface area contributed by atoms with Crippen LogP contribution in [0.2, 0.25) is 0 Å². The summed E-state index contributed by atoms with van der Waals surface area (Å²) in [7, 11) is 0. The Kier molecular flexibility index (Phi) is 4.41. The molecule has 3 rings (SSSR count). The molecular weight excluding hydrogens is 292 g/mol. The molecule has 1 aliphatic rings. The van der Waals surface area contributed by atoms with Gasteiger partial charge in [-0.25, -0.2) is 4.98 Å². The van der Waals surface area contributed by atoms with Gasteiger partial charge >= 0.3 is 0 Å². The van der Waals surface area contributed by atoms with Crippen LogP contribution in [0.1, 0.15) is 26.2 Å². The van der Waals surface area contributed by atoms with E-state index in [1.807, 2.05) is 25.1 Å². The lowest BCUT2D eigenvalue weighted by Crippen LogP contribution is -2.38. The van der Waals surface area contributed by atoms with Crippen LogP contribution >= 0.6 is 0 Å². The van der Waals surface area contributed by atoms with Gasteiger partial charge in [-0.1, -0.05) is 24.3 Å². The summed E-state index contributed by atoms with van der Waals surface area (Å²) < 4.78 is 1.52. The Morgan fingerprint density at radius 3 is 2.91 bits per heavy atom. The maximum Gasteiger partial charge on any atom is 0.262 e. The molecule has 6 heteroatoms. The van der Waals surface area contributed by atoms with Crippen LogP contribution in [-0.4, -0.2) is 15.5 Å². The lowest BCUT2D eigenvalue weighted by Gasteiger charge is -2.19. The van der Waals surface area contributed by atoms with Crippen LogP contribution in [0.3, 0.4) is 0 Å². The van der Waals surface area contributed by atoms with E-state index < -0.39 is 0 Å². The van der Waals surface area contributed by atoms with Gasteiger partial charge in [0.05, 0.1) is 10.9 Å². The van der Waals surface area contributed by atoms with Gasteiger partial charge in [0, 0.05) is 12.5 Å². The molecule has 1 unspecified atom stereocenters. The summed E-state index contributed by atoms with van der Waals surface area (Å²) in [5, 5.41) is 0.573. The standard InChI is InChI=1S/C17H20N4O2/c1-2-21-16(23)13-10-6-7-11-14(13)18-17(21)20-19-15(22)12-8-4-3-5-9-12/h3-4,6-7,10-12H,2,5,8-9H2,1H3,(H,18,20)(H,19,22). The topological polar surface area (TPSA) is 76.0 Å². The molecule has 0 bridgehead atoms. The monoisotopic (exact) mass is 312 g/mol. The van der Waals surface area contributed by atoms with Crippen molar-refractivity contribution in [2.45, 2.75) is 32.7 Å². The second kappa shape index (κ2) is 6.64. The summed E-state index contributed by atoms with van der Waals surface area (Å²) in [5.74, 6) is 0.255. The van der Waals surface area contributed by atoms with Crippen molar-refractivity contribution in [3.8, 4) is 0 Å². The molecule has 120 valence electrons. The Labute approximate surface area is 134 Å². The molecule has 0 saturated carbocycles. The SMILES string of the molecule is CCn1c(NNC(=O)C2CC=CCC2)nc2ccccc2c1=O. The van der Waals surface area contributed by atoms with Crippen molar-refractivity contribution >= 4 is 22.8 Å². The van der Waals surface area contributed by atoms with E-state index in [9.17, 15) is 9.59 Å². The molecular formula is C17H20N4O2. The molecule has 1 amide bonds. The van der Waals surface area contributed by atoms with E-state index in [1.165, 1.54) is 4.57 Å². The van der Waals surface area contributed by atoms with E-state index in [-0.39, 0.29) is 17.4 Å². The van der Waals surface area contributed by atoms with E-state index in [4.69, 9.17) is 0 Å². The smallest absolute Gasteiger partial charge is 0.262 e. The van der Waals surface area contributed by atoms with E-state index in [1.54, 1.807) is 12.1 Å². The molecule has 23 heavy (non-hydrogen) atoms. The molecule has 2 aromatic rings. The van der Waals surface area contributed by atoms with Crippen molar-refractivity contribution < 1.29 is 4.79 Å². The van der Waals surface area contributed by atoms with Crippen molar-refractivity contribution in [1.29, 1.82) is 0 Å². The van der Waals surface area contributed by atoms with Crippen molar-refractivity contribution in [3.63, 3.8) is 0 Å².